The van der Waals surface area contributed by atoms with Crippen molar-refractivity contribution in [2.24, 2.45) is 0 Å². The van der Waals surface area contributed by atoms with Gasteiger partial charge >= 0.3 is 0 Å². The first kappa shape index (κ1) is 29.3. The molecule has 5 rings (SSSR count). The van der Waals surface area contributed by atoms with Crippen molar-refractivity contribution in [3.05, 3.63) is 83.9 Å². The number of aromatic nitrogens is 5. The van der Waals surface area contributed by atoms with E-state index in [1.165, 1.54) is 12.3 Å². The van der Waals surface area contributed by atoms with E-state index in [4.69, 9.17) is 9.94 Å². The molecule has 0 unspecified atom stereocenters. The van der Waals surface area contributed by atoms with Gasteiger partial charge in [0.25, 0.3) is 5.91 Å². The van der Waals surface area contributed by atoms with E-state index in [9.17, 15) is 13.6 Å². The number of likely N-dealkylation sites (N-methyl/N-ethyl adjacent to an activating group) is 1. The number of benzene rings is 2. The number of hydroxylamine groups is 1. The van der Waals surface area contributed by atoms with Crippen LogP contribution < -0.4 is 20.4 Å². The predicted octanol–water partition coefficient (Wildman–Crippen LogP) is 5.43. The van der Waals surface area contributed by atoms with Gasteiger partial charge in [0.05, 0.1) is 24.5 Å². The first-order chi connectivity index (χ1) is 20.6. The van der Waals surface area contributed by atoms with E-state index < -0.39 is 17.5 Å². The quantitative estimate of drug-likeness (QED) is 0.144. The molecule has 0 aliphatic rings. The van der Waals surface area contributed by atoms with Gasteiger partial charge in [0.15, 0.2) is 11.6 Å². The van der Waals surface area contributed by atoms with E-state index in [-0.39, 0.29) is 28.8 Å². The van der Waals surface area contributed by atoms with Crippen LogP contribution in [0.5, 0.6) is 5.75 Å². The van der Waals surface area contributed by atoms with Crippen LogP contribution in [0.3, 0.4) is 0 Å². The average molecular weight is 589 g/mol. The average Bonchev–Trinajstić information content (AvgIpc) is 3.35. The minimum absolute atomic E-state index is 0.0345. The Hall–Kier alpha value is -5.17. The number of imidazole rings is 1. The number of ether oxygens (including phenoxy) is 1. The summed E-state index contributed by atoms with van der Waals surface area (Å²) < 4.78 is 37.5. The summed E-state index contributed by atoms with van der Waals surface area (Å²) in [7, 11) is 1.89. The van der Waals surface area contributed by atoms with Crippen molar-refractivity contribution in [2.75, 3.05) is 30.4 Å². The van der Waals surface area contributed by atoms with Crippen LogP contribution in [0.15, 0.2) is 60.9 Å². The highest BCUT2D eigenvalue weighted by molar-refractivity contribution is 5.93. The zero-order chi connectivity index (χ0) is 30.7. The van der Waals surface area contributed by atoms with Gasteiger partial charge in [-0.05, 0) is 69.3 Å². The van der Waals surface area contributed by atoms with Crippen LogP contribution in [-0.2, 0) is 0 Å². The van der Waals surface area contributed by atoms with Gasteiger partial charge in [-0.2, -0.15) is 0 Å². The number of nitrogens with zero attached hydrogens (tertiary/aromatic N) is 6. The molecule has 11 nitrogen and oxygen atoms in total. The van der Waals surface area contributed by atoms with Gasteiger partial charge in [-0.15, -0.1) is 0 Å². The van der Waals surface area contributed by atoms with Crippen LogP contribution in [0.4, 0.5) is 26.2 Å². The lowest BCUT2D eigenvalue weighted by atomic mass is 10.1. The highest BCUT2D eigenvalue weighted by atomic mass is 19.1. The predicted molar refractivity (Wildman–Crippen MR) is 158 cm³/mol. The first-order valence-corrected chi connectivity index (χ1v) is 13.5. The van der Waals surface area contributed by atoms with Crippen molar-refractivity contribution >= 4 is 34.4 Å². The third-order valence-electron chi connectivity index (χ3n) is 6.80. The summed E-state index contributed by atoms with van der Waals surface area (Å²) in [6, 6.07) is 13.1. The van der Waals surface area contributed by atoms with E-state index >= 15 is 0 Å². The standard InChI is InChI=1S/C30H30F2N8O3/c1-17(2)40-18(3)35-28-23(31)13-20(14-25(28)40)27-24(32)16-34-30(37-27)36-26-10-9-22(15-33-26)43-12-11-39(4)21-7-5-19(6-8-21)29(41)38-42/h5-10,13-17,42H,11-12H2,1-4H3,(H,38,41)(H,33,34,36,37). The largest absolute Gasteiger partial charge is 0.490 e. The fourth-order valence-corrected chi connectivity index (χ4v) is 4.70. The number of anilines is 3. The number of carbonyl (C=O) groups is 1. The molecule has 13 heteroatoms. The summed E-state index contributed by atoms with van der Waals surface area (Å²) in [6.07, 6.45) is 2.56. The number of rotatable bonds is 10. The van der Waals surface area contributed by atoms with E-state index in [1.807, 2.05) is 30.4 Å². The molecule has 0 fully saturated rings. The molecule has 3 aromatic heterocycles. The minimum atomic E-state index is -0.690. The highest BCUT2D eigenvalue weighted by Crippen LogP contribution is 2.30. The Kier molecular flexibility index (Phi) is 8.44. The van der Waals surface area contributed by atoms with Gasteiger partial charge in [0, 0.05) is 29.9 Å². The van der Waals surface area contributed by atoms with Gasteiger partial charge in [-0.25, -0.2) is 34.2 Å². The van der Waals surface area contributed by atoms with E-state index in [0.717, 1.165) is 11.9 Å². The molecule has 0 bridgehead atoms. The van der Waals surface area contributed by atoms with Gasteiger partial charge in [0.2, 0.25) is 5.95 Å². The summed E-state index contributed by atoms with van der Waals surface area (Å²) in [4.78, 5) is 30.4. The third kappa shape index (κ3) is 6.36. The molecule has 3 heterocycles. The molecule has 0 aliphatic carbocycles. The molecule has 0 radical (unpaired) electrons. The molecule has 0 aliphatic heterocycles. The molecule has 0 atom stereocenters. The van der Waals surface area contributed by atoms with E-state index in [1.54, 1.807) is 54.9 Å². The second-order valence-electron chi connectivity index (χ2n) is 10.1. The number of hydrogen-bond acceptors (Lipinski definition) is 9. The van der Waals surface area contributed by atoms with Crippen LogP contribution in [-0.4, -0.2) is 55.8 Å². The van der Waals surface area contributed by atoms with Crippen molar-refractivity contribution < 1.29 is 23.5 Å². The van der Waals surface area contributed by atoms with Crippen LogP contribution in [0.1, 0.15) is 36.1 Å². The topological polar surface area (TPSA) is 130 Å². The maximum atomic E-state index is 15.0. The molecule has 2 aromatic carbocycles. The van der Waals surface area contributed by atoms with Gasteiger partial charge in [-0.3, -0.25) is 10.0 Å². The number of fused-ring (bicyclic) bond motifs is 1. The molecule has 5 aromatic rings. The second kappa shape index (κ2) is 12.4. The summed E-state index contributed by atoms with van der Waals surface area (Å²) in [5.41, 5.74) is 3.82. The number of halogens is 2. The number of nitrogens with one attached hydrogen (secondary N) is 2. The van der Waals surface area contributed by atoms with Gasteiger partial charge < -0.3 is 19.5 Å². The Morgan fingerprint density at radius 2 is 1.81 bits per heavy atom. The molecule has 222 valence electrons. The minimum Gasteiger partial charge on any atom is -0.490 e. The summed E-state index contributed by atoms with van der Waals surface area (Å²) >= 11 is 0. The third-order valence-corrected chi connectivity index (χ3v) is 6.80. The molecular weight excluding hydrogens is 558 g/mol. The molecule has 0 spiro atoms. The number of carbonyl (C=O) groups excluding carboxylic acids is 1. The van der Waals surface area contributed by atoms with Crippen molar-refractivity contribution in [3.63, 3.8) is 0 Å². The van der Waals surface area contributed by atoms with Gasteiger partial charge in [0.1, 0.15) is 35.2 Å². The Labute approximate surface area is 246 Å². The zero-order valence-electron chi connectivity index (χ0n) is 24.0. The number of aryl methyl sites for hydroxylation is 1. The second-order valence-corrected chi connectivity index (χ2v) is 10.1. The number of hydrogen-bond donors (Lipinski definition) is 3. The molecule has 1 amide bonds. The Morgan fingerprint density at radius 1 is 1.05 bits per heavy atom. The first-order valence-electron chi connectivity index (χ1n) is 13.5. The van der Waals surface area contributed by atoms with Crippen LogP contribution >= 0.6 is 0 Å². The molecule has 0 saturated heterocycles. The van der Waals surface area contributed by atoms with E-state index in [2.05, 4.69) is 25.3 Å². The highest BCUT2D eigenvalue weighted by Gasteiger charge is 2.18. The summed E-state index contributed by atoms with van der Waals surface area (Å²) in [6.45, 7) is 6.67. The maximum Gasteiger partial charge on any atom is 0.274 e. The van der Waals surface area contributed by atoms with Crippen molar-refractivity contribution in [3.8, 4) is 17.0 Å². The van der Waals surface area contributed by atoms with Crippen molar-refractivity contribution in [1.29, 1.82) is 0 Å². The van der Waals surface area contributed by atoms with Crippen molar-refractivity contribution in [2.45, 2.75) is 26.8 Å². The summed E-state index contributed by atoms with van der Waals surface area (Å²) in [5, 5.41) is 11.7. The number of pyridine rings is 1. The fraction of sp³-hybridized carbons (Fsp3) is 0.233. The molecular formula is C30H30F2N8O3. The lowest BCUT2D eigenvalue weighted by Crippen LogP contribution is -2.24. The smallest absolute Gasteiger partial charge is 0.274 e. The van der Waals surface area contributed by atoms with Crippen LogP contribution in [0, 0.1) is 18.6 Å². The Balaban J connectivity index is 1.23. The molecule has 0 saturated carbocycles. The van der Waals surface area contributed by atoms with Gasteiger partial charge in [-0.1, -0.05) is 0 Å². The lowest BCUT2D eigenvalue weighted by molar-refractivity contribution is 0.0706. The van der Waals surface area contributed by atoms with Crippen LogP contribution in [0.2, 0.25) is 0 Å². The Bertz CT molecular complexity index is 1760. The SMILES string of the molecule is Cc1nc2c(F)cc(-c3nc(Nc4ccc(OCCN(C)c5ccc(C(=O)NO)cc5)cn4)ncc3F)cc2n1C(C)C. The Morgan fingerprint density at radius 3 is 2.49 bits per heavy atom. The van der Waals surface area contributed by atoms with E-state index in [0.29, 0.717) is 41.6 Å². The maximum absolute atomic E-state index is 15.0. The lowest BCUT2D eigenvalue weighted by Gasteiger charge is -2.19. The number of amides is 1. The summed E-state index contributed by atoms with van der Waals surface area (Å²) in [5.74, 6) is -0.123. The normalized spacial score (nSPS) is 11.2. The van der Waals surface area contributed by atoms with Crippen LogP contribution in [0.25, 0.3) is 22.3 Å². The zero-order valence-corrected chi connectivity index (χ0v) is 24.0. The fourth-order valence-electron chi connectivity index (χ4n) is 4.70. The monoisotopic (exact) mass is 588 g/mol. The molecule has 3 N–H and O–H groups in total. The van der Waals surface area contributed by atoms with Crippen molar-refractivity contribution in [1.82, 2.24) is 30.0 Å². The molecule has 43 heavy (non-hydrogen) atoms.